The number of nitrogens with one attached hydrogen (secondary N) is 1. The normalized spacial score (nSPS) is 9.23. The molecule has 0 aromatic heterocycles. The molecule has 0 amide bonds. The van der Waals surface area contributed by atoms with Crippen LogP contribution in [0.4, 0.5) is 0 Å². The maximum atomic E-state index is 10.7. The molecule has 3 heteroatoms. The van der Waals surface area contributed by atoms with Crippen LogP contribution in [-0.4, -0.2) is 15.7 Å². The fourth-order valence-corrected chi connectivity index (χ4v) is 1.31. The molecule has 1 aromatic rings. The zero-order chi connectivity index (χ0) is 9.52. The zero-order valence-electron chi connectivity index (χ0n) is 7.19. The van der Waals surface area contributed by atoms with Gasteiger partial charge >= 0.3 is 0 Å². The van der Waals surface area contributed by atoms with E-state index in [4.69, 9.17) is 0 Å². The lowest BCUT2D eigenvalue weighted by Gasteiger charge is -2.02. The van der Waals surface area contributed by atoms with Crippen molar-refractivity contribution < 1.29 is 4.21 Å². The molecule has 0 aliphatic rings. The molecule has 2 nitrogen and oxygen atoms in total. The molecule has 0 spiro atoms. The molecule has 0 aliphatic heterocycles. The van der Waals surface area contributed by atoms with Crippen molar-refractivity contribution in [3.05, 3.63) is 48.6 Å². The second-order valence-electron chi connectivity index (χ2n) is 2.45. The Bertz CT molecular complexity index is 328. The van der Waals surface area contributed by atoms with Crippen LogP contribution in [0.5, 0.6) is 0 Å². The van der Waals surface area contributed by atoms with E-state index in [0.717, 1.165) is 5.56 Å². The maximum Gasteiger partial charge on any atom is 0.117 e. The Balaban J connectivity index is 2.80. The molecule has 1 N–H and O–H groups in total. The van der Waals surface area contributed by atoms with Crippen molar-refractivity contribution in [1.82, 2.24) is 5.32 Å². The zero-order valence-corrected chi connectivity index (χ0v) is 8.01. The van der Waals surface area contributed by atoms with E-state index in [2.05, 4.69) is 11.9 Å². The molecule has 0 heterocycles. The average molecular weight is 193 g/mol. The molecule has 0 radical (unpaired) electrons. The van der Waals surface area contributed by atoms with E-state index in [0.29, 0.717) is 22.8 Å². The Morgan fingerprint density at radius 3 is 2.69 bits per heavy atom. The monoisotopic (exact) mass is 193 g/mol. The summed E-state index contributed by atoms with van der Waals surface area (Å²) in [4.78, 5) is 0.639. The van der Waals surface area contributed by atoms with Crippen LogP contribution in [0, 0.1) is 0 Å². The van der Waals surface area contributed by atoms with Crippen LogP contribution in [0.15, 0.2) is 43.0 Å². The SMILES string of the molecule is C=CCNC(=S=O)c1ccccc1. The van der Waals surface area contributed by atoms with Crippen molar-refractivity contribution >= 4 is 16.2 Å². The summed E-state index contributed by atoms with van der Waals surface area (Å²) in [6, 6.07) is 9.53. The van der Waals surface area contributed by atoms with E-state index in [1.54, 1.807) is 6.08 Å². The van der Waals surface area contributed by atoms with Gasteiger partial charge in [-0.15, -0.1) is 6.58 Å². The van der Waals surface area contributed by atoms with Crippen LogP contribution in [0.1, 0.15) is 5.56 Å². The Morgan fingerprint density at radius 1 is 1.46 bits per heavy atom. The molecule has 68 valence electrons. The fraction of sp³-hybridized carbons (Fsp3) is 0.100. The van der Waals surface area contributed by atoms with Gasteiger partial charge in [-0.1, -0.05) is 36.4 Å². The second-order valence-corrected chi connectivity index (χ2v) is 3.02. The number of hydrogen-bond acceptors (Lipinski definition) is 1. The third-order valence-electron chi connectivity index (χ3n) is 1.53. The Morgan fingerprint density at radius 2 is 2.15 bits per heavy atom. The van der Waals surface area contributed by atoms with E-state index in [1.807, 2.05) is 30.3 Å². The first-order valence-corrected chi connectivity index (χ1v) is 4.69. The van der Waals surface area contributed by atoms with Gasteiger partial charge in [0.15, 0.2) is 0 Å². The van der Waals surface area contributed by atoms with Crippen LogP contribution in [-0.2, 0) is 11.3 Å². The van der Waals surface area contributed by atoms with Crippen molar-refractivity contribution in [2.24, 2.45) is 0 Å². The van der Waals surface area contributed by atoms with Crippen LogP contribution < -0.4 is 5.32 Å². The van der Waals surface area contributed by atoms with Gasteiger partial charge in [-0.25, -0.2) is 4.21 Å². The van der Waals surface area contributed by atoms with E-state index in [1.165, 1.54) is 0 Å². The highest BCUT2D eigenvalue weighted by atomic mass is 32.1. The van der Waals surface area contributed by atoms with Crippen molar-refractivity contribution in [3.8, 4) is 0 Å². The smallest absolute Gasteiger partial charge is 0.117 e. The van der Waals surface area contributed by atoms with Crippen LogP contribution in [0.3, 0.4) is 0 Å². The van der Waals surface area contributed by atoms with Gasteiger partial charge in [-0.05, 0) is 0 Å². The molecular weight excluding hydrogens is 182 g/mol. The van der Waals surface area contributed by atoms with Crippen molar-refractivity contribution in [2.45, 2.75) is 0 Å². The first kappa shape index (κ1) is 9.89. The number of hydrogen-bond donors (Lipinski definition) is 1. The lowest BCUT2D eigenvalue weighted by molar-refractivity contribution is 0.700. The number of rotatable bonds is 3. The summed E-state index contributed by atoms with van der Waals surface area (Å²) in [6.45, 7) is 4.18. The van der Waals surface area contributed by atoms with Crippen LogP contribution in [0.25, 0.3) is 0 Å². The third kappa shape index (κ3) is 2.97. The molecular formula is C10H11NOS. The standard InChI is InChI=1S/C10H11NOS/c1-2-8-11-10(13-12)9-6-4-3-5-7-9/h2-7,11H,1,8H2. The predicted octanol–water partition coefficient (Wildman–Crippen LogP) is 1.15. The molecule has 0 aliphatic carbocycles. The van der Waals surface area contributed by atoms with E-state index in [-0.39, 0.29) is 0 Å². The average Bonchev–Trinajstić information content (AvgIpc) is 2.21. The highest BCUT2D eigenvalue weighted by molar-refractivity contribution is 7.66. The Kier molecular flexibility index (Phi) is 4.15. The molecule has 0 fully saturated rings. The molecule has 13 heavy (non-hydrogen) atoms. The predicted molar refractivity (Wildman–Crippen MR) is 56.9 cm³/mol. The third-order valence-corrected chi connectivity index (χ3v) is 2.07. The van der Waals surface area contributed by atoms with E-state index < -0.39 is 0 Å². The first-order valence-electron chi connectivity index (χ1n) is 3.95. The van der Waals surface area contributed by atoms with Gasteiger partial charge in [0.05, 0.1) is 0 Å². The summed E-state index contributed by atoms with van der Waals surface area (Å²) in [5.41, 5.74) is 0.921. The molecule has 1 aromatic carbocycles. The molecule has 1 rings (SSSR count). The minimum Gasteiger partial charge on any atom is -0.273 e. The van der Waals surface area contributed by atoms with Crippen LogP contribution in [0.2, 0.25) is 0 Å². The quantitative estimate of drug-likeness (QED) is 0.576. The molecule has 0 atom stereocenters. The van der Waals surface area contributed by atoms with Crippen LogP contribution >= 0.6 is 0 Å². The second kappa shape index (κ2) is 5.45. The largest absolute Gasteiger partial charge is 0.273 e. The maximum absolute atomic E-state index is 10.7. The van der Waals surface area contributed by atoms with Gasteiger partial charge < -0.3 is 0 Å². The summed E-state index contributed by atoms with van der Waals surface area (Å²) in [5, 5.41) is 2.98. The summed E-state index contributed by atoms with van der Waals surface area (Å²) < 4.78 is 10.7. The van der Waals surface area contributed by atoms with Crippen molar-refractivity contribution in [3.63, 3.8) is 0 Å². The lowest BCUT2D eigenvalue weighted by Crippen LogP contribution is -2.24. The highest BCUT2D eigenvalue weighted by Crippen LogP contribution is 1.97. The van der Waals surface area contributed by atoms with Gasteiger partial charge in [0.1, 0.15) is 16.2 Å². The fourth-order valence-electron chi connectivity index (χ4n) is 0.934. The summed E-state index contributed by atoms with van der Waals surface area (Å²) in [5.74, 6) is 0. The minimum absolute atomic E-state index is 0.471. The first-order chi connectivity index (χ1) is 6.38. The Labute approximate surface area is 81.4 Å². The summed E-state index contributed by atoms with van der Waals surface area (Å²) >= 11 is 0.471. The number of benzene rings is 1. The topological polar surface area (TPSA) is 29.1 Å². The molecule has 0 saturated carbocycles. The van der Waals surface area contributed by atoms with Gasteiger partial charge in [0.2, 0.25) is 0 Å². The molecule has 0 saturated heterocycles. The van der Waals surface area contributed by atoms with Crippen molar-refractivity contribution in [1.29, 1.82) is 0 Å². The lowest BCUT2D eigenvalue weighted by atomic mass is 10.2. The van der Waals surface area contributed by atoms with E-state index in [9.17, 15) is 4.21 Å². The van der Waals surface area contributed by atoms with Crippen molar-refractivity contribution in [2.75, 3.05) is 6.54 Å². The van der Waals surface area contributed by atoms with Gasteiger partial charge in [0.25, 0.3) is 0 Å². The summed E-state index contributed by atoms with van der Waals surface area (Å²) in [7, 11) is 0. The minimum atomic E-state index is 0.471. The highest BCUT2D eigenvalue weighted by Gasteiger charge is 1.98. The van der Waals surface area contributed by atoms with Gasteiger partial charge in [-0.3, -0.25) is 5.32 Å². The summed E-state index contributed by atoms with van der Waals surface area (Å²) in [6.07, 6.45) is 1.72. The molecule has 0 unspecified atom stereocenters. The van der Waals surface area contributed by atoms with Gasteiger partial charge in [-0.2, -0.15) is 0 Å². The van der Waals surface area contributed by atoms with E-state index >= 15 is 0 Å². The Hall–Kier alpha value is -1.19. The van der Waals surface area contributed by atoms with Gasteiger partial charge in [0, 0.05) is 12.1 Å². The molecule has 0 bridgehead atoms.